The third kappa shape index (κ3) is 5.91. The molecule has 0 amide bonds. The summed E-state index contributed by atoms with van der Waals surface area (Å²) in [6.45, 7) is 12.0. The third-order valence-electron chi connectivity index (χ3n) is 6.93. The molecule has 3 N–H and O–H groups in total. The lowest BCUT2D eigenvalue weighted by Crippen LogP contribution is -2.44. The molecule has 8 heteroatoms. The number of rotatable bonds is 10. The monoisotopic (exact) mass is 497 g/mol. The molecule has 2 aliphatic rings. The summed E-state index contributed by atoms with van der Waals surface area (Å²) in [5.74, 6) is 3.02. The van der Waals surface area contributed by atoms with Crippen LogP contribution in [0.4, 0.5) is 17.8 Å². The molecule has 0 spiro atoms. The van der Waals surface area contributed by atoms with E-state index in [-0.39, 0.29) is 5.92 Å². The third-order valence-corrected chi connectivity index (χ3v) is 6.93. The Morgan fingerprint density at radius 1 is 0.865 bits per heavy atom. The molecule has 0 bridgehead atoms. The Kier molecular flexibility index (Phi) is 7.96. The van der Waals surface area contributed by atoms with Crippen molar-refractivity contribution in [2.24, 2.45) is 0 Å². The van der Waals surface area contributed by atoms with E-state index >= 15 is 0 Å². The average molecular weight is 498 g/mol. The van der Waals surface area contributed by atoms with Crippen LogP contribution in [-0.2, 0) is 6.61 Å². The van der Waals surface area contributed by atoms with Crippen molar-refractivity contribution >= 4 is 17.8 Å². The lowest BCUT2D eigenvalue weighted by atomic mass is 9.88. The fourth-order valence-electron chi connectivity index (χ4n) is 5.01. The van der Waals surface area contributed by atoms with Gasteiger partial charge >= 0.3 is 0 Å². The number of piperidine rings is 1. The zero-order valence-corrected chi connectivity index (χ0v) is 21.2. The Morgan fingerprint density at radius 2 is 1.51 bits per heavy atom. The van der Waals surface area contributed by atoms with Crippen LogP contribution in [0.2, 0.25) is 0 Å². The van der Waals surface area contributed by atoms with Gasteiger partial charge in [0.25, 0.3) is 0 Å². The number of fused-ring (bicyclic) bond motifs is 2. The SMILES string of the molecule is C=CCNc1nc(NCC=C)nc(N2CCC(NCC3c4ccccc4COc4ccccc43)CC2)n1. The Labute approximate surface area is 218 Å². The van der Waals surface area contributed by atoms with E-state index in [1.54, 1.807) is 12.2 Å². The van der Waals surface area contributed by atoms with Crippen LogP contribution in [0.15, 0.2) is 73.8 Å². The van der Waals surface area contributed by atoms with Crippen LogP contribution < -0.4 is 25.6 Å². The summed E-state index contributed by atoms with van der Waals surface area (Å²) in [5, 5.41) is 10.2. The van der Waals surface area contributed by atoms with E-state index in [4.69, 9.17) is 4.74 Å². The highest BCUT2D eigenvalue weighted by Gasteiger charge is 2.27. The molecule has 3 aromatic rings. The van der Waals surface area contributed by atoms with Gasteiger partial charge in [-0.1, -0.05) is 54.6 Å². The summed E-state index contributed by atoms with van der Waals surface area (Å²) < 4.78 is 6.15. The highest BCUT2D eigenvalue weighted by molar-refractivity contribution is 5.47. The van der Waals surface area contributed by atoms with Crippen molar-refractivity contribution < 1.29 is 4.74 Å². The quantitative estimate of drug-likeness (QED) is 0.357. The van der Waals surface area contributed by atoms with Crippen molar-refractivity contribution in [1.82, 2.24) is 20.3 Å². The number of ether oxygens (including phenoxy) is 1. The van der Waals surface area contributed by atoms with Gasteiger partial charge in [-0.15, -0.1) is 13.2 Å². The predicted octanol–water partition coefficient (Wildman–Crippen LogP) is 4.35. The second-order valence-electron chi connectivity index (χ2n) is 9.37. The molecule has 0 saturated carbocycles. The molecule has 0 radical (unpaired) electrons. The van der Waals surface area contributed by atoms with Crippen molar-refractivity contribution in [2.45, 2.75) is 31.4 Å². The summed E-state index contributed by atoms with van der Waals surface area (Å²) in [6, 6.07) is 17.5. The number of hydrogen-bond donors (Lipinski definition) is 3. The molecule has 8 nitrogen and oxygen atoms in total. The number of hydrogen-bond acceptors (Lipinski definition) is 8. The molecule has 2 aromatic carbocycles. The van der Waals surface area contributed by atoms with E-state index < -0.39 is 0 Å². The molecule has 37 heavy (non-hydrogen) atoms. The minimum Gasteiger partial charge on any atom is -0.489 e. The van der Waals surface area contributed by atoms with Gasteiger partial charge in [0.05, 0.1) is 0 Å². The molecule has 0 aliphatic carbocycles. The van der Waals surface area contributed by atoms with Gasteiger partial charge < -0.3 is 25.6 Å². The van der Waals surface area contributed by atoms with E-state index in [1.807, 2.05) is 6.07 Å². The van der Waals surface area contributed by atoms with Crippen molar-refractivity contribution in [3.05, 3.63) is 90.5 Å². The molecule has 1 unspecified atom stereocenters. The van der Waals surface area contributed by atoms with Gasteiger partial charge in [-0.25, -0.2) is 0 Å². The maximum absolute atomic E-state index is 6.15. The molecule has 1 atom stereocenters. The molecule has 192 valence electrons. The smallest absolute Gasteiger partial charge is 0.231 e. The van der Waals surface area contributed by atoms with Crippen LogP contribution >= 0.6 is 0 Å². The number of aromatic nitrogens is 3. The molecule has 3 heterocycles. The Balaban J connectivity index is 1.25. The fraction of sp³-hybridized carbons (Fsp3) is 0.345. The van der Waals surface area contributed by atoms with Crippen LogP contribution in [0.25, 0.3) is 0 Å². The summed E-state index contributed by atoms with van der Waals surface area (Å²) in [4.78, 5) is 16.0. The van der Waals surface area contributed by atoms with Crippen molar-refractivity contribution in [3.63, 3.8) is 0 Å². The Hall–Kier alpha value is -3.91. The predicted molar refractivity (Wildman–Crippen MR) is 149 cm³/mol. The summed E-state index contributed by atoms with van der Waals surface area (Å²) in [7, 11) is 0. The zero-order valence-electron chi connectivity index (χ0n) is 21.2. The minimum atomic E-state index is 0.258. The highest BCUT2D eigenvalue weighted by atomic mass is 16.5. The Bertz CT molecular complexity index is 1140. The molecule has 1 saturated heterocycles. The van der Waals surface area contributed by atoms with Gasteiger partial charge in [-0.2, -0.15) is 15.0 Å². The second kappa shape index (κ2) is 11.9. The normalized spacial score (nSPS) is 17.1. The number of nitrogens with one attached hydrogen (secondary N) is 3. The van der Waals surface area contributed by atoms with Crippen LogP contribution in [0.5, 0.6) is 5.75 Å². The molecule has 5 rings (SSSR count). The summed E-state index contributed by atoms with van der Waals surface area (Å²) in [6.07, 6.45) is 5.61. The van der Waals surface area contributed by atoms with Gasteiger partial charge in [0, 0.05) is 50.2 Å². The first-order chi connectivity index (χ1) is 18.2. The van der Waals surface area contributed by atoms with Crippen molar-refractivity contribution in [1.29, 1.82) is 0 Å². The van der Waals surface area contributed by atoms with Crippen LogP contribution in [0, 0.1) is 0 Å². The average Bonchev–Trinajstić information content (AvgIpc) is 3.11. The summed E-state index contributed by atoms with van der Waals surface area (Å²) >= 11 is 0. The zero-order chi connectivity index (χ0) is 25.5. The Morgan fingerprint density at radius 3 is 2.22 bits per heavy atom. The molecule has 1 aromatic heterocycles. The number of anilines is 3. The molecule has 2 aliphatic heterocycles. The van der Waals surface area contributed by atoms with Gasteiger partial charge in [-0.3, -0.25) is 0 Å². The first kappa shape index (κ1) is 24.8. The van der Waals surface area contributed by atoms with E-state index in [0.717, 1.165) is 38.2 Å². The van der Waals surface area contributed by atoms with Gasteiger partial charge in [0.15, 0.2) is 0 Å². The molecular weight excluding hydrogens is 462 g/mol. The van der Waals surface area contributed by atoms with Crippen molar-refractivity contribution in [3.8, 4) is 5.75 Å². The first-order valence-electron chi connectivity index (χ1n) is 13.0. The van der Waals surface area contributed by atoms with E-state index in [0.29, 0.717) is 43.6 Å². The fourth-order valence-corrected chi connectivity index (χ4v) is 5.01. The highest BCUT2D eigenvalue weighted by Crippen LogP contribution is 2.37. The largest absolute Gasteiger partial charge is 0.489 e. The van der Waals surface area contributed by atoms with Gasteiger partial charge in [0.1, 0.15) is 12.4 Å². The standard InChI is InChI=1S/C29H35N7O/c1-3-15-30-27-33-28(31-16-4-2)35-29(34-27)36-17-13-22(14-18-36)32-19-25-23-10-6-5-9-21(23)20-37-26-12-8-7-11-24(25)26/h3-12,22,25,32H,1-2,13-20H2,(H2,30,31,33,34,35). The van der Waals surface area contributed by atoms with Crippen molar-refractivity contribution in [2.75, 3.05) is 48.3 Å². The lowest BCUT2D eigenvalue weighted by Gasteiger charge is -2.33. The molecule has 1 fully saturated rings. The van der Waals surface area contributed by atoms with E-state index in [2.05, 4.69) is 91.4 Å². The maximum atomic E-state index is 6.15. The molecular formula is C29H35N7O. The lowest BCUT2D eigenvalue weighted by molar-refractivity contribution is 0.306. The van der Waals surface area contributed by atoms with Crippen LogP contribution in [-0.4, -0.2) is 53.7 Å². The number of nitrogens with zero attached hydrogens (tertiary/aromatic N) is 4. The number of benzene rings is 2. The van der Waals surface area contributed by atoms with Gasteiger partial charge in [0.2, 0.25) is 17.8 Å². The summed E-state index contributed by atoms with van der Waals surface area (Å²) in [5.41, 5.74) is 3.86. The van der Waals surface area contributed by atoms with E-state index in [1.165, 1.54) is 16.7 Å². The van der Waals surface area contributed by atoms with Gasteiger partial charge in [-0.05, 0) is 30.0 Å². The van der Waals surface area contributed by atoms with E-state index in [9.17, 15) is 0 Å². The van der Waals surface area contributed by atoms with Crippen LogP contribution in [0.3, 0.4) is 0 Å². The minimum absolute atomic E-state index is 0.258. The van der Waals surface area contributed by atoms with Crippen LogP contribution in [0.1, 0.15) is 35.4 Å². The second-order valence-corrected chi connectivity index (χ2v) is 9.37. The maximum Gasteiger partial charge on any atom is 0.231 e. The topological polar surface area (TPSA) is 87.2 Å². The number of para-hydroxylation sites is 1. The first-order valence-corrected chi connectivity index (χ1v) is 13.0.